The molecule has 0 unspecified atom stereocenters. The third-order valence-electron chi connectivity index (χ3n) is 2.32. The Morgan fingerprint density at radius 3 is 2.18 bits per heavy atom. The van der Waals surface area contributed by atoms with Crippen LogP contribution in [0.3, 0.4) is 0 Å². The second-order valence-electron chi connectivity index (χ2n) is 3.52. The van der Waals surface area contributed by atoms with Gasteiger partial charge in [0.2, 0.25) is 0 Å². The molecule has 0 saturated carbocycles. The van der Waals surface area contributed by atoms with Gasteiger partial charge in [-0.25, -0.2) is 4.57 Å². The molecule has 0 radical (unpaired) electrons. The number of aromatic nitrogens is 1. The van der Waals surface area contributed by atoms with Gasteiger partial charge in [0.1, 0.15) is 0 Å². The minimum Gasteiger partial charge on any atom is -1.00 e. The van der Waals surface area contributed by atoms with Crippen LogP contribution in [0.2, 0.25) is 0 Å². The van der Waals surface area contributed by atoms with E-state index in [0.717, 1.165) is 12.1 Å². The van der Waals surface area contributed by atoms with Crippen LogP contribution < -0.4 is 17.0 Å². The van der Waals surface area contributed by atoms with E-state index in [9.17, 15) is 4.79 Å². The molecule has 0 fully saturated rings. The van der Waals surface area contributed by atoms with E-state index in [4.69, 9.17) is 11.6 Å². The number of benzene rings is 1. The quantitative estimate of drug-likeness (QED) is 0.538. The second kappa shape index (κ2) is 6.38. The molecular weight excluding hydrogens is 257 g/mol. The van der Waals surface area contributed by atoms with E-state index in [-0.39, 0.29) is 12.4 Å². The molecule has 2 nitrogen and oxygen atoms in total. The minimum absolute atomic E-state index is 0. The van der Waals surface area contributed by atoms with Gasteiger partial charge in [-0.2, -0.15) is 0 Å². The van der Waals surface area contributed by atoms with Gasteiger partial charge in [-0.05, 0) is 23.7 Å². The molecule has 1 heterocycles. The Bertz CT molecular complexity index is 483. The van der Waals surface area contributed by atoms with Crippen LogP contribution in [-0.4, -0.2) is 5.24 Å². The van der Waals surface area contributed by atoms with Crippen molar-refractivity contribution in [3.8, 4) is 0 Å². The molecule has 0 amide bonds. The van der Waals surface area contributed by atoms with Gasteiger partial charge in [-0.1, -0.05) is 18.2 Å². The average molecular weight is 268 g/mol. The number of halogens is 2. The molecule has 0 aliphatic carbocycles. The summed E-state index contributed by atoms with van der Waals surface area (Å²) in [5.41, 5.74) is 1.67. The summed E-state index contributed by atoms with van der Waals surface area (Å²) in [7, 11) is 0. The third kappa shape index (κ3) is 3.84. The molecular formula is C13H11Cl2NO. The number of carbonyl (C=O) groups excluding carboxylic acids is 1. The lowest BCUT2D eigenvalue weighted by Gasteiger charge is -1.98. The smallest absolute Gasteiger partial charge is 0.252 e. The van der Waals surface area contributed by atoms with E-state index < -0.39 is 5.24 Å². The van der Waals surface area contributed by atoms with Crippen molar-refractivity contribution in [3.63, 3.8) is 0 Å². The minimum atomic E-state index is -0.418. The highest BCUT2D eigenvalue weighted by Crippen LogP contribution is 2.06. The van der Waals surface area contributed by atoms with Crippen LogP contribution in [0.15, 0.2) is 54.9 Å². The number of hydrogen-bond donors (Lipinski definition) is 0. The van der Waals surface area contributed by atoms with Crippen LogP contribution in [0.4, 0.5) is 0 Å². The first-order chi connectivity index (χ1) is 7.75. The van der Waals surface area contributed by atoms with Gasteiger partial charge in [-0.3, -0.25) is 4.79 Å². The highest BCUT2D eigenvalue weighted by atomic mass is 35.5. The zero-order valence-corrected chi connectivity index (χ0v) is 10.5. The first kappa shape index (κ1) is 13.7. The van der Waals surface area contributed by atoms with Crippen LogP contribution in [0.5, 0.6) is 0 Å². The lowest BCUT2D eigenvalue weighted by Crippen LogP contribution is -3.00. The fraction of sp³-hybridized carbons (Fsp3) is 0.0769. The van der Waals surface area contributed by atoms with Crippen molar-refractivity contribution in [1.82, 2.24) is 0 Å². The van der Waals surface area contributed by atoms with Crippen LogP contribution in [0.25, 0.3) is 0 Å². The molecule has 0 saturated heterocycles. The molecule has 0 bridgehead atoms. The summed E-state index contributed by atoms with van der Waals surface area (Å²) in [6, 6.07) is 13.3. The van der Waals surface area contributed by atoms with Gasteiger partial charge >= 0.3 is 0 Å². The predicted octanol–water partition coefficient (Wildman–Crippen LogP) is -0.595. The van der Waals surface area contributed by atoms with Gasteiger partial charge < -0.3 is 12.4 Å². The first-order valence-electron chi connectivity index (χ1n) is 4.98. The number of hydrogen-bond acceptors (Lipinski definition) is 1. The summed E-state index contributed by atoms with van der Waals surface area (Å²) in [6.07, 6.45) is 4.00. The summed E-state index contributed by atoms with van der Waals surface area (Å²) in [5, 5.41) is -0.418. The van der Waals surface area contributed by atoms with Gasteiger partial charge in [0.05, 0.1) is 0 Å². The molecule has 2 aromatic rings. The molecule has 0 aliphatic heterocycles. The molecule has 0 N–H and O–H groups in total. The second-order valence-corrected chi connectivity index (χ2v) is 3.86. The van der Waals surface area contributed by atoms with E-state index in [1.807, 2.05) is 42.7 Å². The molecule has 2 rings (SSSR count). The Morgan fingerprint density at radius 2 is 1.65 bits per heavy atom. The lowest BCUT2D eigenvalue weighted by atomic mass is 10.1. The monoisotopic (exact) mass is 267 g/mol. The fourth-order valence-electron chi connectivity index (χ4n) is 1.49. The van der Waals surface area contributed by atoms with Gasteiger partial charge in [0, 0.05) is 23.3 Å². The van der Waals surface area contributed by atoms with E-state index in [1.54, 1.807) is 12.1 Å². The van der Waals surface area contributed by atoms with Crippen molar-refractivity contribution >= 4 is 16.8 Å². The Hall–Kier alpha value is -1.38. The third-order valence-corrected chi connectivity index (χ3v) is 2.54. The van der Waals surface area contributed by atoms with Crippen molar-refractivity contribution in [1.29, 1.82) is 0 Å². The predicted molar refractivity (Wildman–Crippen MR) is 62.4 cm³/mol. The molecule has 1 aromatic carbocycles. The molecule has 1 aromatic heterocycles. The summed E-state index contributed by atoms with van der Waals surface area (Å²) >= 11 is 5.37. The molecule has 0 aliphatic rings. The number of carbonyl (C=O) groups is 1. The topological polar surface area (TPSA) is 20.9 Å². The molecule has 0 atom stereocenters. The maximum absolute atomic E-state index is 10.9. The number of pyridine rings is 1. The maximum Gasteiger partial charge on any atom is 0.252 e. The maximum atomic E-state index is 10.9. The van der Waals surface area contributed by atoms with Crippen molar-refractivity contribution in [3.05, 3.63) is 66.0 Å². The van der Waals surface area contributed by atoms with Crippen LogP contribution >= 0.6 is 11.6 Å². The van der Waals surface area contributed by atoms with Gasteiger partial charge in [0.15, 0.2) is 18.9 Å². The zero-order valence-electron chi connectivity index (χ0n) is 9.01. The Kier molecular flexibility index (Phi) is 5.13. The van der Waals surface area contributed by atoms with E-state index in [2.05, 4.69) is 4.57 Å². The largest absolute Gasteiger partial charge is 1.00 e. The molecule has 17 heavy (non-hydrogen) atoms. The zero-order chi connectivity index (χ0) is 11.4. The molecule has 4 heteroatoms. The van der Waals surface area contributed by atoms with Crippen LogP contribution in [0, 0.1) is 0 Å². The SMILES string of the molecule is O=C(Cl)c1ccc(C[n+]2ccccc2)cc1.[Cl-]. The molecule has 0 spiro atoms. The average Bonchev–Trinajstić information content (AvgIpc) is 2.31. The first-order valence-corrected chi connectivity index (χ1v) is 5.36. The van der Waals surface area contributed by atoms with Crippen molar-refractivity contribution in [2.24, 2.45) is 0 Å². The van der Waals surface area contributed by atoms with Crippen LogP contribution in [-0.2, 0) is 6.54 Å². The van der Waals surface area contributed by atoms with Crippen molar-refractivity contribution in [2.75, 3.05) is 0 Å². The number of rotatable bonds is 3. The fourth-order valence-corrected chi connectivity index (χ4v) is 1.62. The van der Waals surface area contributed by atoms with Crippen LogP contribution in [0.1, 0.15) is 15.9 Å². The highest BCUT2D eigenvalue weighted by molar-refractivity contribution is 6.67. The Balaban J connectivity index is 0.00000144. The van der Waals surface area contributed by atoms with Crippen molar-refractivity contribution in [2.45, 2.75) is 6.54 Å². The van der Waals surface area contributed by atoms with E-state index in [0.29, 0.717) is 5.56 Å². The number of nitrogens with zero attached hydrogens (tertiary/aromatic N) is 1. The summed E-state index contributed by atoms with van der Waals surface area (Å²) in [4.78, 5) is 10.9. The van der Waals surface area contributed by atoms with E-state index in [1.165, 1.54) is 0 Å². The lowest BCUT2D eigenvalue weighted by molar-refractivity contribution is -0.688. The Labute approximate surface area is 111 Å². The van der Waals surface area contributed by atoms with Gasteiger partial charge in [-0.15, -0.1) is 0 Å². The normalized spacial score (nSPS) is 9.47. The summed E-state index contributed by atoms with van der Waals surface area (Å²) in [6.45, 7) is 0.789. The Morgan fingerprint density at radius 1 is 1.06 bits per heavy atom. The molecule has 88 valence electrons. The van der Waals surface area contributed by atoms with Gasteiger partial charge in [0.25, 0.3) is 5.24 Å². The summed E-state index contributed by atoms with van der Waals surface area (Å²) < 4.78 is 2.07. The van der Waals surface area contributed by atoms with Crippen molar-refractivity contribution < 1.29 is 21.8 Å². The highest BCUT2D eigenvalue weighted by Gasteiger charge is 2.04. The van der Waals surface area contributed by atoms with E-state index >= 15 is 0 Å². The standard InChI is InChI=1S/C13H11ClNO.ClH/c14-13(16)12-6-4-11(5-7-12)10-15-8-2-1-3-9-15;/h1-9H,10H2;1H/q+1;/p-1. The summed E-state index contributed by atoms with van der Waals surface area (Å²) in [5.74, 6) is 0.